The maximum atomic E-state index is 13.1. The molecule has 0 aliphatic heterocycles. The molecule has 4 atom stereocenters. The highest BCUT2D eigenvalue weighted by atomic mass is 32.1. The lowest BCUT2D eigenvalue weighted by atomic mass is 10.0. The molecule has 0 saturated carbocycles. The summed E-state index contributed by atoms with van der Waals surface area (Å²) in [6.45, 7) is 2.68. The highest BCUT2D eigenvalue weighted by Gasteiger charge is 2.31. The molecule has 0 radical (unpaired) electrons. The van der Waals surface area contributed by atoms with Gasteiger partial charge in [0.2, 0.25) is 17.7 Å². The van der Waals surface area contributed by atoms with Crippen LogP contribution in [0, 0.1) is 5.92 Å². The highest BCUT2D eigenvalue weighted by Crippen LogP contribution is 2.19. The Morgan fingerprint density at radius 3 is 2.24 bits per heavy atom. The number of amides is 3. The highest BCUT2D eigenvalue weighted by molar-refractivity contribution is 7.80. The number of carboxylic acid groups (broad SMARTS) is 1. The molecule has 1 heterocycles. The number of hydrogen-bond donors (Lipinski definition) is 8. The summed E-state index contributed by atoms with van der Waals surface area (Å²) in [6, 6.07) is 2.77. The van der Waals surface area contributed by atoms with Crippen molar-refractivity contribution in [3.8, 4) is 0 Å². The number of fused-ring (bicyclic) bond motifs is 1. The van der Waals surface area contributed by atoms with E-state index in [4.69, 9.17) is 5.73 Å². The van der Waals surface area contributed by atoms with E-state index in [1.165, 1.54) is 0 Å². The van der Waals surface area contributed by atoms with Crippen molar-refractivity contribution < 1.29 is 29.4 Å². The summed E-state index contributed by atoms with van der Waals surface area (Å²) >= 11 is 4.11. The molecule has 0 saturated heterocycles. The third kappa shape index (κ3) is 6.95. The van der Waals surface area contributed by atoms with E-state index in [1.807, 2.05) is 24.3 Å². The lowest BCUT2D eigenvalue weighted by Crippen LogP contribution is -2.58. The zero-order chi connectivity index (χ0) is 25.4. The smallest absolute Gasteiger partial charge is 0.326 e. The van der Waals surface area contributed by atoms with Gasteiger partial charge in [-0.25, -0.2) is 4.79 Å². The fraction of sp³-hybridized carbons (Fsp3) is 0.455. The van der Waals surface area contributed by atoms with E-state index >= 15 is 0 Å². The number of carboxylic acids is 1. The molecule has 11 nitrogen and oxygen atoms in total. The van der Waals surface area contributed by atoms with E-state index in [1.54, 1.807) is 20.0 Å². The van der Waals surface area contributed by atoms with Crippen LogP contribution in [0.25, 0.3) is 10.9 Å². The van der Waals surface area contributed by atoms with Gasteiger partial charge in [-0.1, -0.05) is 32.0 Å². The van der Waals surface area contributed by atoms with Gasteiger partial charge in [-0.05, 0) is 17.5 Å². The summed E-state index contributed by atoms with van der Waals surface area (Å²) in [5.74, 6) is -3.82. The number of H-pyrrole nitrogens is 1. The van der Waals surface area contributed by atoms with Gasteiger partial charge >= 0.3 is 5.97 Å². The van der Waals surface area contributed by atoms with Crippen LogP contribution in [0.15, 0.2) is 30.5 Å². The quantitative estimate of drug-likeness (QED) is 0.177. The number of thiol groups is 1. The van der Waals surface area contributed by atoms with Crippen LogP contribution in [-0.4, -0.2) is 75.4 Å². The van der Waals surface area contributed by atoms with Crippen LogP contribution < -0.4 is 21.7 Å². The molecule has 34 heavy (non-hydrogen) atoms. The number of carbonyl (C=O) groups excluding carboxylic acids is 3. The van der Waals surface area contributed by atoms with E-state index in [9.17, 15) is 29.4 Å². The first kappa shape index (κ1) is 27.2. The average molecular weight is 494 g/mol. The molecule has 2 rings (SSSR count). The Balaban J connectivity index is 2.22. The first-order valence-electron chi connectivity index (χ1n) is 10.7. The summed E-state index contributed by atoms with van der Waals surface area (Å²) in [5, 5.41) is 26.8. The topological polar surface area (TPSA) is 187 Å². The molecule has 4 unspecified atom stereocenters. The zero-order valence-electron chi connectivity index (χ0n) is 18.9. The van der Waals surface area contributed by atoms with Gasteiger partial charge in [0, 0.05) is 29.3 Å². The summed E-state index contributed by atoms with van der Waals surface area (Å²) in [6.07, 6.45) is 1.79. The van der Waals surface area contributed by atoms with Crippen LogP contribution in [0.2, 0.25) is 0 Å². The monoisotopic (exact) mass is 493 g/mol. The van der Waals surface area contributed by atoms with E-state index in [2.05, 4.69) is 33.6 Å². The van der Waals surface area contributed by atoms with Crippen LogP contribution in [-0.2, 0) is 25.6 Å². The second-order valence-corrected chi connectivity index (χ2v) is 8.59. The van der Waals surface area contributed by atoms with Gasteiger partial charge in [0.15, 0.2) is 0 Å². The lowest BCUT2D eigenvalue weighted by molar-refractivity contribution is -0.143. The number of aromatic nitrogens is 1. The molecule has 0 spiro atoms. The molecule has 8 N–H and O–H groups in total. The van der Waals surface area contributed by atoms with E-state index in [0.29, 0.717) is 0 Å². The van der Waals surface area contributed by atoms with Crippen LogP contribution >= 0.6 is 12.6 Å². The second kappa shape index (κ2) is 12.4. The Labute approximate surface area is 202 Å². The SMILES string of the molecule is CC(C)C(NC(=O)C(CS)NC(=O)C(Cc1c[nH]c2ccccc12)NC(=O)C(N)CO)C(=O)O. The molecule has 0 bridgehead atoms. The Kier molecular flexibility index (Phi) is 9.90. The average Bonchev–Trinajstić information content (AvgIpc) is 3.21. The molecule has 0 fully saturated rings. The van der Waals surface area contributed by atoms with Gasteiger partial charge in [-0.15, -0.1) is 0 Å². The molecule has 1 aromatic carbocycles. The number of nitrogens with one attached hydrogen (secondary N) is 4. The van der Waals surface area contributed by atoms with Crippen molar-refractivity contribution in [2.24, 2.45) is 11.7 Å². The third-order valence-corrected chi connectivity index (χ3v) is 5.68. The minimum absolute atomic E-state index is 0.0738. The van der Waals surface area contributed by atoms with Crippen LogP contribution in [0.1, 0.15) is 19.4 Å². The second-order valence-electron chi connectivity index (χ2n) is 8.23. The van der Waals surface area contributed by atoms with Crippen LogP contribution in [0.5, 0.6) is 0 Å². The number of benzene rings is 1. The predicted molar refractivity (Wildman–Crippen MR) is 129 cm³/mol. The van der Waals surface area contributed by atoms with Crippen molar-refractivity contribution in [3.05, 3.63) is 36.0 Å². The lowest BCUT2D eigenvalue weighted by Gasteiger charge is -2.25. The van der Waals surface area contributed by atoms with Crippen molar-refractivity contribution in [1.29, 1.82) is 0 Å². The largest absolute Gasteiger partial charge is 0.480 e. The molecular weight excluding hydrogens is 462 g/mol. The summed E-state index contributed by atoms with van der Waals surface area (Å²) in [4.78, 5) is 52.6. The van der Waals surface area contributed by atoms with Crippen molar-refractivity contribution in [2.75, 3.05) is 12.4 Å². The predicted octanol–water partition coefficient (Wildman–Crippen LogP) is -0.845. The molecular formula is C22H31N5O6S. The van der Waals surface area contributed by atoms with Gasteiger partial charge in [-0.2, -0.15) is 12.6 Å². The van der Waals surface area contributed by atoms with Crippen LogP contribution in [0.3, 0.4) is 0 Å². The van der Waals surface area contributed by atoms with E-state index in [0.717, 1.165) is 16.5 Å². The van der Waals surface area contributed by atoms with E-state index < -0.39 is 54.5 Å². The van der Waals surface area contributed by atoms with Gasteiger partial charge in [0.05, 0.1) is 6.61 Å². The fourth-order valence-electron chi connectivity index (χ4n) is 3.33. The number of aromatic amines is 1. The van der Waals surface area contributed by atoms with Crippen molar-refractivity contribution in [2.45, 2.75) is 44.4 Å². The normalized spacial score (nSPS) is 14.8. The fourth-order valence-corrected chi connectivity index (χ4v) is 3.58. The zero-order valence-corrected chi connectivity index (χ0v) is 19.8. The molecule has 186 valence electrons. The Bertz CT molecular complexity index is 1030. The summed E-state index contributed by atoms with van der Waals surface area (Å²) < 4.78 is 0. The minimum Gasteiger partial charge on any atom is -0.480 e. The molecule has 0 aliphatic rings. The van der Waals surface area contributed by atoms with Crippen molar-refractivity contribution >= 4 is 47.2 Å². The van der Waals surface area contributed by atoms with Crippen LogP contribution in [0.4, 0.5) is 0 Å². The third-order valence-electron chi connectivity index (χ3n) is 5.31. The molecule has 3 amide bonds. The number of aliphatic hydroxyl groups is 1. The number of hydrogen-bond acceptors (Lipinski definition) is 7. The molecule has 1 aromatic heterocycles. The molecule has 2 aromatic rings. The number of aliphatic carboxylic acids is 1. The number of aliphatic hydroxyl groups excluding tert-OH is 1. The number of nitrogens with two attached hydrogens (primary N) is 1. The standard InChI is InChI=1S/C22H31N5O6S/c1-11(2)18(22(32)33)27-21(31)17(10-34)26-20(30)16(25-19(29)14(23)9-28)7-12-8-24-15-6-4-3-5-13(12)15/h3-6,8,11,14,16-18,24,28,34H,7,9-10,23H2,1-2H3,(H,25,29)(H,26,30)(H,27,31)(H,32,33). The first-order chi connectivity index (χ1) is 16.1. The number of para-hydroxylation sites is 1. The summed E-state index contributed by atoms with van der Waals surface area (Å²) in [7, 11) is 0. The Morgan fingerprint density at radius 2 is 1.65 bits per heavy atom. The van der Waals surface area contributed by atoms with Gasteiger partial charge < -0.3 is 36.9 Å². The molecule has 0 aliphatic carbocycles. The van der Waals surface area contributed by atoms with Crippen molar-refractivity contribution in [3.63, 3.8) is 0 Å². The van der Waals surface area contributed by atoms with Gasteiger partial charge in [-0.3, -0.25) is 14.4 Å². The Hall–Kier alpha value is -3.09. The number of carbonyl (C=O) groups is 4. The Morgan fingerprint density at radius 1 is 1.03 bits per heavy atom. The maximum absolute atomic E-state index is 13.1. The van der Waals surface area contributed by atoms with Gasteiger partial charge in [0.25, 0.3) is 0 Å². The van der Waals surface area contributed by atoms with Crippen molar-refractivity contribution in [1.82, 2.24) is 20.9 Å². The minimum atomic E-state index is -1.23. The van der Waals surface area contributed by atoms with Gasteiger partial charge in [0.1, 0.15) is 24.2 Å². The first-order valence-corrected chi connectivity index (χ1v) is 11.4. The summed E-state index contributed by atoms with van der Waals surface area (Å²) in [5.41, 5.74) is 7.17. The number of rotatable bonds is 12. The maximum Gasteiger partial charge on any atom is 0.326 e. The van der Waals surface area contributed by atoms with E-state index in [-0.39, 0.29) is 18.1 Å². The molecule has 12 heteroatoms.